The Hall–Kier alpha value is -1.71. The van der Waals surface area contributed by atoms with Crippen LogP contribution in [0.2, 0.25) is 0 Å². The van der Waals surface area contributed by atoms with E-state index in [4.69, 9.17) is 4.74 Å². The summed E-state index contributed by atoms with van der Waals surface area (Å²) in [6.07, 6.45) is 4.98. The van der Waals surface area contributed by atoms with Crippen molar-refractivity contribution in [2.75, 3.05) is 33.8 Å². The Balaban J connectivity index is 1.69. The number of hydrogen-bond acceptors (Lipinski definition) is 4. The first kappa shape index (κ1) is 14.2. The number of methoxy groups -OCH3 is 1. The van der Waals surface area contributed by atoms with Crippen molar-refractivity contribution in [1.29, 1.82) is 0 Å². The van der Waals surface area contributed by atoms with Gasteiger partial charge < -0.3 is 15.0 Å². The molecule has 2 aliphatic rings. The lowest BCUT2D eigenvalue weighted by molar-refractivity contribution is 0.240. The monoisotopic (exact) mass is 287 g/mol. The number of nitrogens with zero attached hydrogens (tertiary/aromatic N) is 2. The van der Waals surface area contributed by atoms with Crippen LogP contribution in [0, 0.1) is 0 Å². The second kappa shape index (κ2) is 5.96. The molecule has 0 radical (unpaired) electrons. The fourth-order valence-corrected chi connectivity index (χ4v) is 3.27. The van der Waals surface area contributed by atoms with Crippen LogP contribution in [0.5, 0.6) is 5.75 Å². The second-order valence-corrected chi connectivity index (χ2v) is 6.20. The van der Waals surface area contributed by atoms with Crippen molar-refractivity contribution >= 4 is 5.96 Å². The van der Waals surface area contributed by atoms with Gasteiger partial charge in [-0.05, 0) is 37.0 Å². The van der Waals surface area contributed by atoms with Gasteiger partial charge in [-0.1, -0.05) is 18.6 Å². The highest BCUT2D eigenvalue weighted by molar-refractivity contribution is 5.80. The molecule has 0 saturated heterocycles. The minimum absolute atomic E-state index is 0.271. The molecule has 4 nitrogen and oxygen atoms in total. The molecule has 1 aromatic carbocycles. The van der Waals surface area contributed by atoms with Crippen LogP contribution in [-0.4, -0.2) is 44.7 Å². The van der Waals surface area contributed by atoms with Gasteiger partial charge in [0, 0.05) is 32.1 Å². The van der Waals surface area contributed by atoms with E-state index in [1.807, 2.05) is 0 Å². The SMILES string of the molecule is COc1ccc(C2(CNC3=NCCCN3C)CCC2)cc1. The molecule has 1 saturated carbocycles. The van der Waals surface area contributed by atoms with Gasteiger partial charge in [-0.25, -0.2) is 0 Å². The number of ether oxygens (including phenoxy) is 1. The van der Waals surface area contributed by atoms with Crippen molar-refractivity contribution in [1.82, 2.24) is 10.2 Å². The lowest BCUT2D eigenvalue weighted by Gasteiger charge is -2.43. The van der Waals surface area contributed by atoms with Crippen LogP contribution < -0.4 is 10.1 Å². The quantitative estimate of drug-likeness (QED) is 0.924. The maximum Gasteiger partial charge on any atom is 0.193 e. The largest absolute Gasteiger partial charge is 0.497 e. The fourth-order valence-electron chi connectivity index (χ4n) is 3.27. The van der Waals surface area contributed by atoms with Crippen LogP contribution in [0.15, 0.2) is 29.3 Å². The molecule has 1 fully saturated rings. The van der Waals surface area contributed by atoms with E-state index in [2.05, 4.69) is 46.5 Å². The van der Waals surface area contributed by atoms with Crippen molar-refractivity contribution in [3.8, 4) is 5.75 Å². The number of hydrogen-bond donors (Lipinski definition) is 1. The molecule has 1 aliphatic heterocycles. The van der Waals surface area contributed by atoms with Crippen molar-refractivity contribution in [2.24, 2.45) is 4.99 Å². The molecule has 0 amide bonds. The van der Waals surface area contributed by atoms with Gasteiger partial charge in [-0.2, -0.15) is 0 Å². The fraction of sp³-hybridized carbons (Fsp3) is 0.588. The van der Waals surface area contributed by atoms with E-state index in [1.165, 1.54) is 24.8 Å². The van der Waals surface area contributed by atoms with Crippen molar-refractivity contribution in [2.45, 2.75) is 31.1 Å². The number of rotatable bonds is 4. The molecule has 3 rings (SSSR count). The molecule has 0 spiro atoms. The summed E-state index contributed by atoms with van der Waals surface area (Å²) >= 11 is 0. The van der Waals surface area contributed by atoms with Crippen LogP contribution in [0.1, 0.15) is 31.2 Å². The average molecular weight is 287 g/mol. The molecule has 4 heteroatoms. The van der Waals surface area contributed by atoms with E-state index in [9.17, 15) is 0 Å². The molecule has 1 aliphatic carbocycles. The summed E-state index contributed by atoms with van der Waals surface area (Å²) in [7, 11) is 3.83. The summed E-state index contributed by atoms with van der Waals surface area (Å²) < 4.78 is 5.26. The highest BCUT2D eigenvalue weighted by atomic mass is 16.5. The van der Waals surface area contributed by atoms with Crippen LogP contribution >= 0.6 is 0 Å². The van der Waals surface area contributed by atoms with Crippen LogP contribution in [0.25, 0.3) is 0 Å². The van der Waals surface area contributed by atoms with E-state index in [1.54, 1.807) is 7.11 Å². The zero-order valence-corrected chi connectivity index (χ0v) is 13.1. The predicted molar refractivity (Wildman–Crippen MR) is 86.1 cm³/mol. The van der Waals surface area contributed by atoms with Gasteiger partial charge in [-0.15, -0.1) is 0 Å². The Morgan fingerprint density at radius 2 is 2.00 bits per heavy atom. The zero-order valence-electron chi connectivity index (χ0n) is 13.1. The Morgan fingerprint density at radius 3 is 2.57 bits per heavy atom. The van der Waals surface area contributed by atoms with Gasteiger partial charge in [0.15, 0.2) is 5.96 Å². The molecule has 114 valence electrons. The summed E-state index contributed by atoms with van der Waals surface area (Å²) in [6, 6.07) is 8.57. The second-order valence-electron chi connectivity index (χ2n) is 6.20. The number of nitrogens with one attached hydrogen (secondary N) is 1. The molecule has 1 aromatic rings. The zero-order chi connectivity index (χ0) is 14.7. The Labute approximate surface area is 127 Å². The average Bonchev–Trinajstić information content (AvgIpc) is 2.48. The molecule has 21 heavy (non-hydrogen) atoms. The minimum atomic E-state index is 0.271. The number of benzene rings is 1. The van der Waals surface area contributed by atoms with E-state index < -0.39 is 0 Å². The molecule has 0 aromatic heterocycles. The summed E-state index contributed by atoms with van der Waals surface area (Å²) in [5.74, 6) is 1.98. The Morgan fingerprint density at radius 1 is 1.24 bits per heavy atom. The third-order valence-electron chi connectivity index (χ3n) is 4.87. The molecular weight excluding hydrogens is 262 g/mol. The first-order valence-electron chi connectivity index (χ1n) is 7.87. The molecule has 0 unspecified atom stereocenters. The normalized spacial score (nSPS) is 20.5. The third kappa shape index (κ3) is 2.85. The lowest BCUT2D eigenvalue weighted by Crippen LogP contribution is -2.50. The highest BCUT2D eigenvalue weighted by Gasteiger charge is 2.38. The van der Waals surface area contributed by atoms with Crippen molar-refractivity contribution < 1.29 is 4.74 Å². The van der Waals surface area contributed by atoms with Crippen LogP contribution in [0.4, 0.5) is 0 Å². The molecule has 1 N–H and O–H groups in total. The van der Waals surface area contributed by atoms with Crippen LogP contribution in [0.3, 0.4) is 0 Å². The van der Waals surface area contributed by atoms with Gasteiger partial charge in [0.2, 0.25) is 0 Å². The summed E-state index contributed by atoms with van der Waals surface area (Å²) in [5.41, 5.74) is 1.69. The molecule has 0 bridgehead atoms. The summed E-state index contributed by atoms with van der Waals surface area (Å²) in [5, 5.41) is 3.59. The summed E-state index contributed by atoms with van der Waals surface area (Å²) in [6.45, 7) is 3.02. The lowest BCUT2D eigenvalue weighted by atomic mass is 9.64. The Bertz CT molecular complexity index is 505. The van der Waals surface area contributed by atoms with Gasteiger partial charge in [-0.3, -0.25) is 4.99 Å². The van der Waals surface area contributed by atoms with Gasteiger partial charge in [0.25, 0.3) is 0 Å². The van der Waals surface area contributed by atoms with Gasteiger partial charge in [0.1, 0.15) is 5.75 Å². The molecule has 1 heterocycles. The van der Waals surface area contributed by atoms with E-state index >= 15 is 0 Å². The smallest absolute Gasteiger partial charge is 0.193 e. The third-order valence-corrected chi connectivity index (χ3v) is 4.87. The first-order valence-corrected chi connectivity index (χ1v) is 7.87. The van der Waals surface area contributed by atoms with E-state index in [0.717, 1.165) is 37.8 Å². The summed E-state index contributed by atoms with van der Waals surface area (Å²) in [4.78, 5) is 6.83. The number of guanidine groups is 1. The van der Waals surface area contributed by atoms with Gasteiger partial charge in [0.05, 0.1) is 7.11 Å². The minimum Gasteiger partial charge on any atom is -0.497 e. The number of aliphatic imine (C=N–C) groups is 1. The highest BCUT2D eigenvalue weighted by Crippen LogP contribution is 2.43. The molecule has 0 atom stereocenters. The topological polar surface area (TPSA) is 36.9 Å². The van der Waals surface area contributed by atoms with Crippen molar-refractivity contribution in [3.05, 3.63) is 29.8 Å². The standard InChI is InChI=1S/C17H25N3O/c1-20-12-4-11-18-16(20)19-13-17(9-3-10-17)14-5-7-15(21-2)8-6-14/h5-8H,3-4,9-13H2,1-2H3,(H,18,19). The van der Waals surface area contributed by atoms with Crippen LogP contribution in [-0.2, 0) is 5.41 Å². The maximum atomic E-state index is 5.26. The van der Waals surface area contributed by atoms with E-state index in [0.29, 0.717) is 0 Å². The van der Waals surface area contributed by atoms with Gasteiger partial charge >= 0.3 is 0 Å². The maximum absolute atomic E-state index is 5.26. The first-order chi connectivity index (χ1) is 10.2. The Kier molecular flexibility index (Phi) is 4.04. The van der Waals surface area contributed by atoms with E-state index in [-0.39, 0.29) is 5.41 Å². The predicted octanol–water partition coefficient (Wildman–Crippen LogP) is 2.40. The van der Waals surface area contributed by atoms with Crippen molar-refractivity contribution in [3.63, 3.8) is 0 Å². The molecular formula is C17H25N3O.